The topological polar surface area (TPSA) is 117 Å². The van der Waals surface area contributed by atoms with E-state index in [-0.39, 0.29) is 11.1 Å². The summed E-state index contributed by atoms with van der Waals surface area (Å²) in [5.74, 6) is 0. The number of hydrogen-bond donors (Lipinski definition) is 2. The van der Waals surface area contributed by atoms with Gasteiger partial charge in [0.1, 0.15) is 5.52 Å². The SMILES string of the molecule is O=c1cnc2cccnc2[nH]1.O=c1cnc2ncccc2[nH]1. The Hall–Kier alpha value is -3.42. The highest BCUT2D eigenvalue weighted by Gasteiger charge is 1.93. The number of fused-ring (bicyclic) bond motifs is 2. The van der Waals surface area contributed by atoms with Crippen LogP contribution in [-0.2, 0) is 0 Å². The third-order valence-electron chi connectivity index (χ3n) is 2.70. The second-order valence-electron chi connectivity index (χ2n) is 4.24. The van der Waals surface area contributed by atoms with Crippen LogP contribution in [0.4, 0.5) is 0 Å². The lowest BCUT2D eigenvalue weighted by Gasteiger charge is -1.91. The van der Waals surface area contributed by atoms with Crippen molar-refractivity contribution in [2.75, 3.05) is 0 Å². The molecule has 2 N–H and O–H groups in total. The number of pyridine rings is 2. The zero-order valence-corrected chi connectivity index (χ0v) is 11.2. The lowest BCUT2D eigenvalue weighted by Crippen LogP contribution is -2.05. The molecular formula is C14H10N6O2. The van der Waals surface area contributed by atoms with Gasteiger partial charge in [0.15, 0.2) is 11.3 Å². The molecule has 4 aromatic rings. The number of nitrogens with one attached hydrogen (secondary N) is 2. The van der Waals surface area contributed by atoms with Gasteiger partial charge in [-0.25, -0.2) is 19.9 Å². The van der Waals surface area contributed by atoms with Gasteiger partial charge in [-0.3, -0.25) is 9.59 Å². The molecule has 108 valence electrons. The van der Waals surface area contributed by atoms with Gasteiger partial charge in [-0.15, -0.1) is 0 Å². The lowest BCUT2D eigenvalue weighted by atomic mass is 10.4. The molecule has 0 spiro atoms. The molecule has 0 radical (unpaired) electrons. The molecule has 0 fully saturated rings. The van der Waals surface area contributed by atoms with Crippen LogP contribution in [0.5, 0.6) is 0 Å². The van der Waals surface area contributed by atoms with Crippen LogP contribution in [0.25, 0.3) is 22.3 Å². The zero-order valence-electron chi connectivity index (χ0n) is 11.2. The maximum atomic E-state index is 10.7. The molecule has 4 rings (SSSR count). The van der Waals surface area contributed by atoms with Gasteiger partial charge in [0.25, 0.3) is 11.1 Å². The third kappa shape index (κ3) is 3.01. The van der Waals surface area contributed by atoms with Gasteiger partial charge in [0, 0.05) is 12.4 Å². The van der Waals surface area contributed by atoms with Gasteiger partial charge in [0.05, 0.1) is 17.9 Å². The molecule has 22 heavy (non-hydrogen) atoms. The molecule has 0 amide bonds. The van der Waals surface area contributed by atoms with Crippen molar-refractivity contribution in [1.29, 1.82) is 0 Å². The predicted molar refractivity (Wildman–Crippen MR) is 80.3 cm³/mol. The van der Waals surface area contributed by atoms with Crippen molar-refractivity contribution in [2.24, 2.45) is 0 Å². The van der Waals surface area contributed by atoms with Crippen LogP contribution in [-0.4, -0.2) is 29.9 Å². The van der Waals surface area contributed by atoms with E-state index >= 15 is 0 Å². The monoisotopic (exact) mass is 294 g/mol. The number of nitrogens with zero attached hydrogens (tertiary/aromatic N) is 4. The van der Waals surface area contributed by atoms with Crippen molar-refractivity contribution < 1.29 is 0 Å². The van der Waals surface area contributed by atoms with E-state index in [2.05, 4.69) is 29.9 Å². The molecule has 0 aliphatic carbocycles. The highest BCUT2D eigenvalue weighted by Crippen LogP contribution is 1.99. The molecule has 0 atom stereocenters. The summed E-state index contributed by atoms with van der Waals surface area (Å²) in [7, 11) is 0. The molecule has 0 aliphatic rings. The zero-order chi connectivity index (χ0) is 15.4. The van der Waals surface area contributed by atoms with Crippen molar-refractivity contribution in [2.45, 2.75) is 0 Å². The van der Waals surface area contributed by atoms with Crippen molar-refractivity contribution in [3.8, 4) is 0 Å². The van der Waals surface area contributed by atoms with E-state index in [0.717, 1.165) is 0 Å². The Morgan fingerprint density at radius 2 is 1.50 bits per heavy atom. The fourth-order valence-electron chi connectivity index (χ4n) is 1.76. The summed E-state index contributed by atoms with van der Waals surface area (Å²) in [6, 6.07) is 7.07. The summed E-state index contributed by atoms with van der Waals surface area (Å²) in [5, 5.41) is 0. The van der Waals surface area contributed by atoms with E-state index in [0.29, 0.717) is 22.3 Å². The van der Waals surface area contributed by atoms with Crippen molar-refractivity contribution in [3.05, 3.63) is 69.8 Å². The van der Waals surface area contributed by atoms with Crippen molar-refractivity contribution in [3.63, 3.8) is 0 Å². The summed E-state index contributed by atoms with van der Waals surface area (Å²) in [5.41, 5.74) is 2.03. The van der Waals surface area contributed by atoms with Gasteiger partial charge in [-0.2, -0.15) is 0 Å². The van der Waals surface area contributed by atoms with Gasteiger partial charge >= 0.3 is 0 Å². The van der Waals surface area contributed by atoms with Gasteiger partial charge in [0.2, 0.25) is 0 Å². The quantitative estimate of drug-likeness (QED) is 0.491. The molecule has 8 heteroatoms. The molecule has 0 aromatic carbocycles. The Kier molecular flexibility index (Phi) is 3.65. The van der Waals surface area contributed by atoms with Gasteiger partial charge < -0.3 is 9.97 Å². The minimum Gasteiger partial charge on any atom is -0.318 e. The van der Waals surface area contributed by atoms with E-state index < -0.39 is 0 Å². The molecule has 0 saturated carbocycles. The molecule has 0 bridgehead atoms. The van der Waals surface area contributed by atoms with Crippen LogP contribution in [0, 0.1) is 0 Å². The first kappa shape index (κ1) is 13.6. The third-order valence-corrected chi connectivity index (χ3v) is 2.70. The Morgan fingerprint density at radius 1 is 0.773 bits per heavy atom. The van der Waals surface area contributed by atoms with Gasteiger partial charge in [-0.1, -0.05) is 0 Å². The first-order valence-corrected chi connectivity index (χ1v) is 6.32. The second kappa shape index (κ2) is 5.92. The second-order valence-corrected chi connectivity index (χ2v) is 4.24. The molecule has 8 nitrogen and oxygen atoms in total. The van der Waals surface area contributed by atoms with E-state index in [1.807, 2.05) is 0 Å². The highest BCUT2D eigenvalue weighted by atomic mass is 16.1. The molecule has 4 heterocycles. The van der Waals surface area contributed by atoms with Crippen LogP contribution >= 0.6 is 0 Å². The Bertz CT molecular complexity index is 955. The predicted octanol–water partition coefficient (Wildman–Crippen LogP) is 0.636. The number of hydrogen-bond acceptors (Lipinski definition) is 6. The minimum atomic E-state index is -0.226. The summed E-state index contributed by atoms with van der Waals surface area (Å²) < 4.78 is 0. The smallest absolute Gasteiger partial charge is 0.268 e. The van der Waals surface area contributed by atoms with Gasteiger partial charge in [-0.05, 0) is 24.3 Å². The lowest BCUT2D eigenvalue weighted by molar-refractivity contribution is 1.17. The number of rotatable bonds is 0. The summed E-state index contributed by atoms with van der Waals surface area (Å²) >= 11 is 0. The summed E-state index contributed by atoms with van der Waals surface area (Å²) in [4.78, 5) is 42.2. The first-order chi connectivity index (χ1) is 10.7. The largest absolute Gasteiger partial charge is 0.318 e. The van der Waals surface area contributed by atoms with E-state index in [1.54, 1.807) is 36.7 Å². The van der Waals surface area contributed by atoms with E-state index in [9.17, 15) is 9.59 Å². The number of aromatic nitrogens is 6. The van der Waals surface area contributed by atoms with E-state index in [4.69, 9.17) is 0 Å². The molecular weight excluding hydrogens is 284 g/mol. The standard InChI is InChI=1S/2C7H5N3O/c11-6-4-9-7-5(10-6)2-1-3-8-7;11-6-4-9-5-2-1-3-8-7(5)10-6/h1-4H,(H,10,11);1-4H,(H,8,10,11). The van der Waals surface area contributed by atoms with Crippen LogP contribution in [0.2, 0.25) is 0 Å². The first-order valence-electron chi connectivity index (χ1n) is 6.32. The number of H-pyrrole nitrogens is 2. The Labute approximate surface area is 122 Å². The Morgan fingerprint density at radius 3 is 2.41 bits per heavy atom. The maximum absolute atomic E-state index is 10.7. The average molecular weight is 294 g/mol. The van der Waals surface area contributed by atoms with Crippen LogP contribution < -0.4 is 11.1 Å². The fourth-order valence-corrected chi connectivity index (χ4v) is 1.76. The minimum absolute atomic E-state index is 0.203. The maximum Gasteiger partial charge on any atom is 0.268 e. The molecule has 0 unspecified atom stereocenters. The Balaban J connectivity index is 0.000000131. The summed E-state index contributed by atoms with van der Waals surface area (Å²) in [6.45, 7) is 0. The van der Waals surface area contributed by atoms with Crippen molar-refractivity contribution in [1.82, 2.24) is 29.9 Å². The normalized spacial score (nSPS) is 10.2. The number of aromatic amines is 2. The molecule has 0 aliphatic heterocycles. The highest BCUT2D eigenvalue weighted by molar-refractivity contribution is 5.68. The fraction of sp³-hybridized carbons (Fsp3) is 0. The van der Waals surface area contributed by atoms with Crippen LogP contribution in [0.3, 0.4) is 0 Å². The van der Waals surface area contributed by atoms with Crippen LogP contribution in [0.1, 0.15) is 0 Å². The summed E-state index contributed by atoms with van der Waals surface area (Å²) in [6.07, 6.45) is 5.70. The average Bonchev–Trinajstić information content (AvgIpc) is 2.55. The van der Waals surface area contributed by atoms with E-state index in [1.165, 1.54) is 12.4 Å². The van der Waals surface area contributed by atoms with Crippen LogP contribution in [0.15, 0.2) is 58.6 Å². The van der Waals surface area contributed by atoms with Crippen molar-refractivity contribution >= 4 is 22.3 Å². The molecule has 0 saturated heterocycles. The molecule has 4 aromatic heterocycles.